The molecule has 6 nitrogen and oxygen atoms in total. The quantitative estimate of drug-likeness (QED) is 0.935. The van der Waals surface area contributed by atoms with Crippen LogP contribution in [0.3, 0.4) is 0 Å². The van der Waals surface area contributed by atoms with Crippen molar-refractivity contribution in [2.45, 2.75) is 38.6 Å². The molecule has 0 amide bonds. The van der Waals surface area contributed by atoms with Gasteiger partial charge in [-0.05, 0) is 51.9 Å². The molecule has 112 valence electrons. The number of nitrogens with zero attached hydrogens (tertiary/aromatic N) is 4. The van der Waals surface area contributed by atoms with E-state index in [0.717, 1.165) is 31.8 Å². The van der Waals surface area contributed by atoms with E-state index in [1.807, 2.05) is 0 Å². The minimum atomic E-state index is -0.945. The Bertz CT molecular complexity index is 657. The molecule has 0 atom stereocenters. The molecule has 1 aliphatic heterocycles. The summed E-state index contributed by atoms with van der Waals surface area (Å²) in [4.78, 5) is 18.0. The van der Waals surface area contributed by atoms with Gasteiger partial charge in [0.05, 0.1) is 5.56 Å². The number of rotatable bonds is 3. The highest BCUT2D eigenvalue weighted by molar-refractivity contribution is 5.87. The monoisotopic (exact) mass is 288 g/mol. The molecule has 1 N–H and O–H groups in total. The number of carbonyl (C=O) groups is 1. The van der Waals surface area contributed by atoms with E-state index in [1.54, 1.807) is 16.6 Å². The molecular formula is C15H20N4O2. The van der Waals surface area contributed by atoms with E-state index < -0.39 is 5.97 Å². The smallest absolute Gasteiger partial charge is 0.337 e. The third-order valence-electron chi connectivity index (χ3n) is 4.22. The van der Waals surface area contributed by atoms with Crippen LogP contribution in [0.5, 0.6) is 0 Å². The van der Waals surface area contributed by atoms with Gasteiger partial charge in [-0.15, -0.1) is 0 Å². The van der Waals surface area contributed by atoms with Crippen LogP contribution in [0.1, 0.15) is 48.8 Å². The second-order valence-electron chi connectivity index (χ2n) is 5.90. The van der Waals surface area contributed by atoms with Crippen molar-refractivity contribution >= 4 is 11.6 Å². The minimum Gasteiger partial charge on any atom is -0.478 e. The van der Waals surface area contributed by atoms with Crippen molar-refractivity contribution in [1.82, 2.24) is 19.5 Å². The molecule has 0 spiro atoms. The number of carboxylic acid groups (broad SMARTS) is 1. The number of carboxylic acids is 1. The van der Waals surface area contributed by atoms with Crippen LogP contribution in [0.25, 0.3) is 5.65 Å². The zero-order chi connectivity index (χ0) is 15.0. The molecule has 3 heterocycles. The van der Waals surface area contributed by atoms with E-state index in [9.17, 15) is 4.79 Å². The second-order valence-corrected chi connectivity index (χ2v) is 5.90. The summed E-state index contributed by atoms with van der Waals surface area (Å²) in [5.41, 5.74) is 0.940. The lowest BCUT2D eigenvalue weighted by molar-refractivity contribution is 0.0696. The third kappa shape index (κ3) is 2.76. The highest BCUT2D eigenvalue weighted by atomic mass is 16.4. The molecule has 6 heteroatoms. The molecule has 0 unspecified atom stereocenters. The van der Waals surface area contributed by atoms with Gasteiger partial charge < -0.3 is 10.0 Å². The van der Waals surface area contributed by atoms with Gasteiger partial charge in [-0.1, -0.05) is 0 Å². The molecular weight excluding hydrogens is 268 g/mol. The number of aromatic carboxylic acids is 1. The Morgan fingerprint density at radius 3 is 2.67 bits per heavy atom. The second kappa shape index (κ2) is 5.44. The summed E-state index contributed by atoms with van der Waals surface area (Å²) in [7, 11) is 0. The minimum absolute atomic E-state index is 0.230. The van der Waals surface area contributed by atoms with Gasteiger partial charge in [0, 0.05) is 18.2 Å². The summed E-state index contributed by atoms with van der Waals surface area (Å²) in [5.74, 6) is 0.258. The average Bonchev–Trinajstić information content (AvgIpc) is 2.90. The standard InChI is InChI=1S/C15H20N4O2/c1-10(2)18-7-5-11(6-8-18)14-16-13-4-3-12(15(20)21)9-19(13)17-14/h3-4,9-11H,5-8H2,1-2H3,(H,20,21). The van der Waals surface area contributed by atoms with Gasteiger partial charge in [-0.2, -0.15) is 5.10 Å². The zero-order valence-corrected chi connectivity index (χ0v) is 12.4. The van der Waals surface area contributed by atoms with E-state index >= 15 is 0 Å². The highest BCUT2D eigenvalue weighted by Crippen LogP contribution is 2.26. The van der Waals surface area contributed by atoms with Crippen LogP contribution in [0.2, 0.25) is 0 Å². The van der Waals surface area contributed by atoms with E-state index in [4.69, 9.17) is 5.11 Å². The van der Waals surface area contributed by atoms with Crippen LogP contribution >= 0.6 is 0 Å². The molecule has 0 bridgehead atoms. The Morgan fingerprint density at radius 2 is 2.05 bits per heavy atom. The van der Waals surface area contributed by atoms with Crippen molar-refractivity contribution in [3.63, 3.8) is 0 Å². The molecule has 1 saturated heterocycles. The predicted molar refractivity (Wildman–Crippen MR) is 78.6 cm³/mol. The van der Waals surface area contributed by atoms with Crippen LogP contribution in [-0.2, 0) is 0 Å². The van der Waals surface area contributed by atoms with Crippen molar-refractivity contribution < 1.29 is 9.90 Å². The molecule has 1 fully saturated rings. The first-order valence-electron chi connectivity index (χ1n) is 7.38. The van der Waals surface area contributed by atoms with Crippen molar-refractivity contribution in [3.05, 3.63) is 29.7 Å². The van der Waals surface area contributed by atoms with Gasteiger partial charge in [0.1, 0.15) is 0 Å². The fourth-order valence-corrected chi connectivity index (χ4v) is 2.87. The highest BCUT2D eigenvalue weighted by Gasteiger charge is 2.25. The lowest BCUT2D eigenvalue weighted by atomic mass is 9.95. The Morgan fingerprint density at radius 1 is 1.33 bits per heavy atom. The van der Waals surface area contributed by atoms with Gasteiger partial charge >= 0.3 is 5.97 Å². The predicted octanol–water partition coefficient (Wildman–Crippen LogP) is 2.02. The largest absolute Gasteiger partial charge is 0.478 e. The Balaban J connectivity index is 1.80. The summed E-state index contributed by atoms with van der Waals surface area (Å²) in [6.45, 7) is 6.57. The molecule has 0 aromatic carbocycles. The fraction of sp³-hybridized carbons (Fsp3) is 0.533. The molecule has 21 heavy (non-hydrogen) atoms. The van der Waals surface area contributed by atoms with Crippen molar-refractivity contribution in [2.75, 3.05) is 13.1 Å². The van der Waals surface area contributed by atoms with Crippen LogP contribution in [-0.4, -0.2) is 49.7 Å². The van der Waals surface area contributed by atoms with E-state index in [-0.39, 0.29) is 5.56 Å². The topological polar surface area (TPSA) is 70.7 Å². The number of fused-ring (bicyclic) bond motifs is 1. The maximum Gasteiger partial charge on any atom is 0.337 e. The van der Waals surface area contributed by atoms with Crippen molar-refractivity contribution in [2.24, 2.45) is 0 Å². The summed E-state index contributed by atoms with van der Waals surface area (Å²) in [6, 6.07) is 3.86. The number of piperidine rings is 1. The Labute approximate surface area is 123 Å². The summed E-state index contributed by atoms with van der Waals surface area (Å²) in [6.07, 6.45) is 3.64. The number of hydrogen-bond donors (Lipinski definition) is 1. The molecule has 1 aliphatic rings. The maximum absolute atomic E-state index is 11.0. The zero-order valence-electron chi connectivity index (χ0n) is 12.4. The molecule has 0 radical (unpaired) electrons. The van der Waals surface area contributed by atoms with Gasteiger partial charge in [0.25, 0.3) is 0 Å². The van der Waals surface area contributed by atoms with Crippen molar-refractivity contribution in [1.29, 1.82) is 0 Å². The summed E-state index contributed by atoms with van der Waals surface area (Å²) in [5, 5.41) is 13.5. The van der Waals surface area contributed by atoms with Gasteiger partial charge in [0.15, 0.2) is 11.5 Å². The lowest BCUT2D eigenvalue weighted by Gasteiger charge is -2.33. The SMILES string of the molecule is CC(C)N1CCC(c2nc3ccc(C(=O)O)cn3n2)CC1. The first-order valence-corrected chi connectivity index (χ1v) is 7.38. The first kappa shape index (κ1) is 14.0. The van der Waals surface area contributed by atoms with Crippen LogP contribution in [0.15, 0.2) is 18.3 Å². The molecule has 0 aliphatic carbocycles. The Kier molecular flexibility index (Phi) is 3.63. The summed E-state index contributed by atoms with van der Waals surface area (Å²) >= 11 is 0. The van der Waals surface area contributed by atoms with Gasteiger partial charge in [-0.25, -0.2) is 14.3 Å². The normalized spacial score (nSPS) is 17.7. The van der Waals surface area contributed by atoms with E-state index in [2.05, 4.69) is 28.8 Å². The van der Waals surface area contributed by atoms with E-state index in [0.29, 0.717) is 17.6 Å². The van der Waals surface area contributed by atoms with Crippen LogP contribution in [0, 0.1) is 0 Å². The third-order valence-corrected chi connectivity index (χ3v) is 4.22. The molecule has 3 rings (SSSR count). The maximum atomic E-state index is 11.0. The van der Waals surface area contributed by atoms with Crippen molar-refractivity contribution in [3.8, 4) is 0 Å². The van der Waals surface area contributed by atoms with Gasteiger partial charge in [-0.3, -0.25) is 0 Å². The molecule has 2 aromatic rings. The van der Waals surface area contributed by atoms with E-state index in [1.165, 1.54) is 6.20 Å². The number of pyridine rings is 1. The number of likely N-dealkylation sites (tertiary alicyclic amines) is 1. The average molecular weight is 288 g/mol. The van der Waals surface area contributed by atoms with Gasteiger partial charge in [0.2, 0.25) is 0 Å². The number of aromatic nitrogens is 3. The van der Waals surface area contributed by atoms with Crippen LogP contribution < -0.4 is 0 Å². The first-order chi connectivity index (χ1) is 10.0. The Hall–Kier alpha value is -1.95. The molecule has 2 aromatic heterocycles. The number of hydrogen-bond acceptors (Lipinski definition) is 4. The summed E-state index contributed by atoms with van der Waals surface area (Å²) < 4.78 is 1.58. The van der Waals surface area contributed by atoms with Crippen LogP contribution in [0.4, 0.5) is 0 Å². The fourth-order valence-electron chi connectivity index (χ4n) is 2.87. The molecule has 0 saturated carbocycles. The lowest BCUT2D eigenvalue weighted by Crippen LogP contribution is -2.38.